The average Bonchev–Trinajstić information content (AvgIpc) is 2.28. The van der Waals surface area contributed by atoms with Crippen molar-refractivity contribution < 1.29 is 19.4 Å². The van der Waals surface area contributed by atoms with Crippen molar-refractivity contribution in [3.05, 3.63) is 0 Å². The van der Waals surface area contributed by atoms with Crippen LogP contribution in [0.3, 0.4) is 0 Å². The molecule has 0 saturated heterocycles. The van der Waals surface area contributed by atoms with E-state index in [2.05, 4.69) is 5.32 Å². The Morgan fingerprint density at radius 1 is 1.37 bits per heavy atom. The summed E-state index contributed by atoms with van der Waals surface area (Å²) in [5.41, 5.74) is -1.24. The molecule has 1 aliphatic carbocycles. The van der Waals surface area contributed by atoms with Crippen LogP contribution in [0.2, 0.25) is 0 Å². The van der Waals surface area contributed by atoms with Crippen LogP contribution in [0.5, 0.6) is 0 Å². The van der Waals surface area contributed by atoms with Gasteiger partial charge in [-0.15, -0.1) is 0 Å². The second-order valence-electron chi connectivity index (χ2n) is 6.49. The summed E-state index contributed by atoms with van der Waals surface area (Å²) in [6.45, 7) is 7.31. The van der Waals surface area contributed by atoms with Crippen LogP contribution in [-0.2, 0) is 14.3 Å². The van der Waals surface area contributed by atoms with Crippen molar-refractivity contribution in [1.29, 1.82) is 0 Å². The van der Waals surface area contributed by atoms with Crippen LogP contribution in [0.15, 0.2) is 0 Å². The largest absolute Gasteiger partial charge is 0.481 e. The fraction of sp³-hybridized carbons (Fsp3) is 0.857. The Hall–Kier alpha value is -1.10. The molecule has 110 valence electrons. The van der Waals surface area contributed by atoms with Gasteiger partial charge in [0.25, 0.3) is 0 Å². The van der Waals surface area contributed by atoms with Crippen molar-refractivity contribution >= 4 is 11.9 Å². The van der Waals surface area contributed by atoms with Crippen LogP contribution in [-0.4, -0.2) is 35.2 Å². The first kappa shape index (κ1) is 16.0. The van der Waals surface area contributed by atoms with Gasteiger partial charge in [0.15, 0.2) is 0 Å². The highest BCUT2D eigenvalue weighted by atomic mass is 16.5. The van der Waals surface area contributed by atoms with Crippen molar-refractivity contribution in [3.63, 3.8) is 0 Å². The minimum Gasteiger partial charge on any atom is -0.481 e. The van der Waals surface area contributed by atoms with Gasteiger partial charge in [-0.2, -0.15) is 0 Å². The molecule has 0 bridgehead atoms. The number of hydrogen-bond acceptors (Lipinski definition) is 3. The molecule has 0 aliphatic heterocycles. The summed E-state index contributed by atoms with van der Waals surface area (Å²) in [5, 5.41) is 12.2. The molecule has 1 saturated carbocycles. The first-order chi connectivity index (χ1) is 8.65. The fourth-order valence-corrected chi connectivity index (χ4v) is 2.34. The zero-order valence-corrected chi connectivity index (χ0v) is 12.3. The smallest absolute Gasteiger partial charge is 0.311 e. The van der Waals surface area contributed by atoms with Crippen LogP contribution in [0.4, 0.5) is 0 Å². The van der Waals surface area contributed by atoms with Crippen molar-refractivity contribution in [2.24, 2.45) is 5.41 Å². The third kappa shape index (κ3) is 4.49. The summed E-state index contributed by atoms with van der Waals surface area (Å²) < 4.78 is 5.40. The molecule has 1 amide bonds. The Bertz CT molecular complexity index is 348. The van der Waals surface area contributed by atoms with Gasteiger partial charge >= 0.3 is 5.97 Å². The van der Waals surface area contributed by atoms with Crippen LogP contribution in [0, 0.1) is 5.41 Å². The van der Waals surface area contributed by atoms with Crippen molar-refractivity contribution in [2.75, 3.05) is 6.61 Å². The predicted molar refractivity (Wildman–Crippen MR) is 71.8 cm³/mol. The SMILES string of the molecule is CC(C)(C)OCC(=O)NC1CCCCC1(C)C(=O)O. The summed E-state index contributed by atoms with van der Waals surface area (Å²) >= 11 is 0. The van der Waals surface area contributed by atoms with Gasteiger partial charge in [-0.25, -0.2) is 0 Å². The summed E-state index contributed by atoms with van der Waals surface area (Å²) in [4.78, 5) is 23.2. The molecule has 2 N–H and O–H groups in total. The summed E-state index contributed by atoms with van der Waals surface area (Å²) in [7, 11) is 0. The van der Waals surface area contributed by atoms with Crippen molar-refractivity contribution in [1.82, 2.24) is 5.32 Å². The molecule has 0 heterocycles. The molecule has 1 aliphatic rings. The summed E-state index contributed by atoms with van der Waals surface area (Å²) in [6, 6.07) is -0.310. The van der Waals surface area contributed by atoms with E-state index < -0.39 is 11.4 Å². The molecule has 5 heteroatoms. The third-order valence-electron chi connectivity index (χ3n) is 3.67. The van der Waals surface area contributed by atoms with E-state index in [9.17, 15) is 14.7 Å². The van der Waals surface area contributed by atoms with E-state index in [1.807, 2.05) is 20.8 Å². The van der Waals surface area contributed by atoms with Crippen LogP contribution >= 0.6 is 0 Å². The number of carboxylic acids is 1. The average molecular weight is 271 g/mol. The van der Waals surface area contributed by atoms with Gasteiger partial charge in [-0.1, -0.05) is 12.8 Å². The fourth-order valence-electron chi connectivity index (χ4n) is 2.34. The Morgan fingerprint density at radius 2 is 2.00 bits per heavy atom. The van der Waals surface area contributed by atoms with E-state index in [0.29, 0.717) is 12.8 Å². The minimum absolute atomic E-state index is 0.0320. The molecule has 0 aromatic carbocycles. The van der Waals surface area contributed by atoms with E-state index in [1.54, 1.807) is 6.92 Å². The van der Waals surface area contributed by atoms with Gasteiger partial charge in [0.2, 0.25) is 5.91 Å². The van der Waals surface area contributed by atoms with Gasteiger partial charge in [0, 0.05) is 6.04 Å². The minimum atomic E-state index is -0.865. The second kappa shape index (κ2) is 5.90. The van der Waals surface area contributed by atoms with E-state index >= 15 is 0 Å². The predicted octanol–water partition coefficient (Wildman–Crippen LogP) is 1.95. The maximum absolute atomic E-state index is 11.8. The highest BCUT2D eigenvalue weighted by molar-refractivity contribution is 5.80. The van der Waals surface area contributed by atoms with E-state index in [0.717, 1.165) is 12.8 Å². The first-order valence-corrected chi connectivity index (χ1v) is 6.82. The van der Waals surface area contributed by atoms with Crippen molar-refractivity contribution in [2.45, 2.75) is 65.0 Å². The number of ether oxygens (including phenoxy) is 1. The lowest BCUT2D eigenvalue weighted by Crippen LogP contribution is -2.53. The maximum Gasteiger partial charge on any atom is 0.311 e. The standard InChI is InChI=1S/C14H25NO4/c1-13(2,3)19-9-11(16)15-10-7-5-6-8-14(10,4)12(17)18/h10H,5-9H2,1-4H3,(H,15,16)(H,17,18). The van der Waals surface area contributed by atoms with E-state index in [-0.39, 0.29) is 24.2 Å². The number of nitrogens with one attached hydrogen (secondary N) is 1. The molecule has 0 aromatic rings. The quantitative estimate of drug-likeness (QED) is 0.819. The topological polar surface area (TPSA) is 75.6 Å². The Morgan fingerprint density at radius 3 is 2.53 bits per heavy atom. The molecule has 0 spiro atoms. The number of aliphatic carboxylic acids is 1. The zero-order valence-electron chi connectivity index (χ0n) is 12.3. The van der Waals surface area contributed by atoms with Crippen LogP contribution in [0.1, 0.15) is 53.4 Å². The lowest BCUT2D eigenvalue weighted by atomic mass is 9.71. The van der Waals surface area contributed by atoms with Gasteiger partial charge in [-0.3, -0.25) is 9.59 Å². The van der Waals surface area contributed by atoms with Crippen LogP contribution < -0.4 is 5.32 Å². The number of rotatable bonds is 4. The molecule has 19 heavy (non-hydrogen) atoms. The summed E-state index contributed by atoms with van der Waals surface area (Å²) in [6.07, 6.45) is 3.17. The number of hydrogen-bond donors (Lipinski definition) is 2. The monoisotopic (exact) mass is 271 g/mol. The third-order valence-corrected chi connectivity index (χ3v) is 3.67. The van der Waals surface area contributed by atoms with E-state index in [1.165, 1.54) is 0 Å². The molecular formula is C14H25NO4. The second-order valence-corrected chi connectivity index (χ2v) is 6.49. The number of carboxylic acid groups (broad SMARTS) is 1. The first-order valence-electron chi connectivity index (χ1n) is 6.82. The van der Waals surface area contributed by atoms with Gasteiger partial charge in [0.1, 0.15) is 6.61 Å². The molecule has 0 radical (unpaired) electrons. The Labute approximate surface area is 114 Å². The van der Waals surface area contributed by atoms with Crippen molar-refractivity contribution in [3.8, 4) is 0 Å². The molecule has 2 atom stereocenters. The molecule has 0 aromatic heterocycles. The lowest BCUT2D eigenvalue weighted by Gasteiger charge is -2.38. The van der Waals surface area contributed by atoms with E-state index in [4.69, 9.17) is 4.74 Å². The molecular weight excluding hydrogens is 246 g/mol. The number of carbonyl (C=O) groups is 2. The Balaban J connectivity index is 2.58. The molecule has 2 unspecified atom stereocenters. The van der Waals surface area contributed by atoms with Crippen LogP contribution in [0.25, 0.3) is 0 Å². The summed E-state index contributed by atoms with van der Waals surface area (Å²) in [5.74, 6) is -1.08. The molecule has 1 rings (SSSR count). The number of carbonyl (C=O) groups excluding carboxylic acids is 1. The Kier molecular flexibility index (Phi) is 4.96. The molecule has 5 nitrogen and oxygen atoms in total. The highest BCUT2D eigenvalue weighted by Crippen LogP contribution is 2.36. The lowest BCUT2D eigenvalue weighted by molar-refractivity contribution is -0.152. The molecule has 1 fully saturated rings. The van der Waals surface area contributed by atoms with Gasteiger partial charge in [-0.05, 0) is 40.5 Å². The normalized spacial score (nSPS) is 27.9. The zero-order chi connectivity index (χ0) is 14.7. The highest BCUT2D eigenvalue weighted by Gasteiger charge is 2.43. The van der Waals surface area contributed by atoms with Gasteiger partial charge in [0.05, 0.1) is 11.0 Å². The number of amides is 1. The maximum atomic E-state index is 11.8. The van der Waals surface area contributed by atoms with Gasteiger partial charge < -0.3 is 15.2 Å².